The third kappa shape index (κ3) is 2.12. The predicted octanol–water partition coefficient (Wildman–Crippen LogP) is 3.15. The van der Waals surface area contributed by atoms with E-state index in [1.807, 2.05) is 17.9 Å². The van der Waals surface area contributed by atoms with Crippen molar-refractivity contribution in [3.63, 3.8) is 0 Å². The minimum absolute atomic E-state index is 0.0643. The van der Waals surface area contributed by atoms with Gasteiger partial charge in [0.1, 0.15) is 11.6 Å². The fourth-order valence-corrected chi connectivity index (χ4v) is 2.67. The summed E-state index contributed by atoms with van der Waals surface area (Å²) in [5.41, 5.74) is 0.572. The number of hydrogen-bond donors (Lipinski definition) is 0. The Bertz CT molecular complexity index is 401. The van der Waals surface area contributed by atoms with Gasteiger partial charge in [-0.1, -0.05) is 6.07 Å². The highest BCUT2D eigenvalue weighted by atomic mass is 79.9. The number of nitrogens with zero attached hydrogens (tertiary/aromatic N) is 1. The Kier molecular flexibility index (Phi) is 3.28. The van der Waals surface area contributed by atoms with Crippen molar-refractivity contribution in [1.82, 2.24) is 0 Å². The first-order chi connectivity index (χ1) is 7.59. The molecule has 16 heavy (non-hydrogen) atoms. The van der Waals surface area contributed by atoms with Gasteiger partial charge in [0.05, 0.1) is 5.69 Å². The lowest BCUT2D eigenvalue weighted by Crippen LogP contribution is -2.41. The van der Waals surface area contributed by atoms with Crippen molar-refractivity contribution in [3.8, 4) is 0 Å². The van der Waals surface area contributed by atoms with E-state index in [1.165, 1.54) is 6.07 Å². The van der Waals surface area contributed by atoms with E-state index in [0.29, 0.717) is 25.1 Å². The maximum Gasteiger partial charge on any atom is 0.147 e. The molecule has 0 saturated carbocycles. The average molecular weight is 286 g/mol. The van der Waals surface area contributed by atoms with Gasteiger partial charge in [0.15, 0.2) is 0 Å². The molecule has 2 rings (SSSR count). The van der Waals surface area contributed by atoms with E-state index >= 15 is 0 Å². The van der Waals surface area contributed by atoms with Gasteiger partial charge in [-0.15, -0.1) is 0 Å². The van der Waals surface area contributed by atoms with Crippen LogP contribution in [0.2, 0.25) is 0 Å². The number of piperidine rings is 1. The number of rotatable bonds is 1. The van der Waals surface area contributed by atoms with Gasteiger partial charge >= 0.3 is 0 Å². The summed E-state index contributed by atoms with van der Waals surface area (Å²) in [6.45, 7) is 2.55. The van der Waals surface area contributed by atoms with Crippen molar-refractivity contribution in [1.29, 1.82) is 0 Å². The van der Waals surface area contributed by atoms with Crippen LogP contribution >= 0.6 is 15.9 Å². The van der Waals surface area contributed by atoms with E-state index in [1.54, 1.807) is 6.07 Å². The molecule has 0 aliphatic carbocycles. The van der Waals surface area contributed by atoms with E-state index in [0.717, 1.165) is 4.47 Å². The number of carbonyl (C=O) groups excluding carboxylic acids is 1. The van der Waals surface area contributed by atoms with Gasteiger partial charge < -0.3 is 4.90 Å². The molecule has 0 N–H and O–H groups in total. The lowest BCUT2D eigenvalue weighted by atomic mass is 10.0. The van der Waals surface area contributed by atoms with Crippen LogP contribution in [0.1, 0.15) is 19.8 Å². The lowest BCUT2D eigenvalue weighted by molar-refractivity contribution is -0.120. The summed E-state index contributed by atoms with van der Waals surface area (Å²) in [7, 11) is 0. The first-order valence-electron chi connectivity index (χ1n) is 5.32. The molecule has 1 aromatic carbocycles. The van der Waals surface area contributed by atoms with Crippen molar-refractivity contribution in [3.05, 3.63) is 28.5 Å². The minimum Gasteiger partial charge on any atom is -0.365 e. The zero-order chi connectivity index (χ0) is 11.7. The Labute approximate surface area is 103 Å². The average Bonchev–Trinajstić information content (AvgIpc) is 2.20. The van der Waals surface area contributed by atoms with Crippen LogP contribution in [0.5, 0.6) is 0 Å². The standard InChI is InChI=1S/C12H13BrFNO/c1-8-7-9(16)5-6-15(8)12-10(13)3-2-4-11(12)14/h2-4,8H,5-7H2,1H3. The van der Waals surface area contributed by atoms with Gasteiger partial charge in [0.2, 0.25) is 0 Å². The van der Waals surface area contributed by atoms with Gasteiger partial charge in [0, 0.05) is 29.9 Å². The van der Waals surface area contributed by atoms with Crippen LogP contribution in [0.4, 0.5) is 10.1 Å². The second kappa shape index (κ2) is 4.53. The number of Topliss-reactive ketones (excluding diaryl/α,β-unsaturated/α-hetero) is 1. The SMILES string of the molecule is CC1CC(=O)CCN1c1c(F)cccc1Br. The predicted molar refractivity (Wildman–Crippen MR) is 65.1 cm³/mol. The molecule has 1 heterocycles. The largest absolute Gasteiger partial charge is 0.365 e. The van der Waals surface area contributed by atoms with E-state index in [9.17, 15) is 9.18 Å². The maximum atomic E-state index is 13.7. The molecule has 1 fully saturated rings. The minimum atomic E-state index is -0.240. The highest BCUT2D eigenvalue weighted by Gasteiger charge is 2.26. The second-order valence-corrected chi connectivity index (χ2v) is 4.96. The smallest absolute Gasteiger partial charge is 0.147 e. The van der Waals surface area contributed by atoms with Crippen molar-refractivity contribution in [2.24, 2.45) is 0 Å². The first-order valence-corrected chi connectivity index (χ1v) is 6.11. The molecule has 1 aliphatic rings. The topological polar surface area (TPSA) is 20.3 Å². The fraction of sp³-hybridized carbons (Fsp3) is 0.417. The molecule has 0 amide bonds. The third-order valence-electron chi connectivity index (χ3n) is 2.91. The molecule has 86 valence electrons. The van der Waals surface area contributed by atoms with Crippen LogP contribution in [0.3, 0.4) is 0 Å². The highest BCUT2D eigenvalue weighted by Crippen LogP contribution is 2.32. The molecule has 1 atom stereocenters. The summed E-state index contributed by atoms with van der Waals surface area (Å²) in [5, 5.41) is 0. The molecule has 1 saturated heterocycles. The summed E-state index contributed by atoms with van der Waals surface area (Å²) < 4.78 is 14.5. The van der Waals surface area contributed by atoms with Gasteiger partial charge in [-0.25, -0.2) is 4.39 Å². The van der Waals surface area contributed by atoms with Crippen molar-refractivity contribution in [2.75, 3.05) is 11.4 Å². The quantitative estimate of drug-likeness (QED) is 0.790. The Morgan fingerprint density at radius 1 is 1.50 bits per heavy atom. The summed E-state index contributed by atoms with van der Waals surface area (Å²) in [4.78, 5) is 13.2. The molecule has 0 spiro atoms. The van der Waals surface area contributed by atoms with Gasteiger partial charge in [-0.05, 0) is 35.0 Å². The zero-order valence-electron chi connectivity index (χ0n) is 9.04. The molecular formula is C12H13BrFNO. The summed E-state index contributed by atoms with van der Waals surface area (Å²) in [6.07, 6.45) is 1.01. The molecule has 1 unspecified atom stereocenters. The monoisotopic (exact) mass is 285 g/mol. The van der Waals surface area contributed by atoms with Crippen LogP contribution in [-0.4, -0.2) is 18.4 Å². The molecule has 2 nitrogen and oxygen atoms in total. The lowest BCUT2D eigenvalue weighted by Gasteiger charge is -2.35. The van der Waals surface area contributed by atoms with Gasteiger partial charge in [-0.3, -0.25) is 4.79 Å². The Morgan fingerprint density at radius 2 is 2.25 bits per heavy atom. The van der Waals surface area contributed by atoms with Gasteiger partial charge in [0.25, 0.3) is 0 Å². The Hall–Kier alpha value is -0.900. The normalized spacial score (nSPS) is 21.3. The molecule has 4 heteroatoms. The molecule has 0 radical (unpaired) electrons. The second-order valence-electron chi connectivity index (χ2n) is 4.11. The summed E-state index contributed by atoms with van der Waals surface area (Å²) >= 11 is 3.36. The van der Waals surface area contributed by atoms with Crippen molar-refractivity contribution in [2.45, 2.75) is 25.8 Å². The first kappa shape index (κ1) is 11.6. The summed E-state index contributed by atoms with van der Waals surface area (Å²) in [6, 6.07) is 5.00. The zero-order valence-corrected chi connectivity index (χ0v) is 10.6. The number of para-hydroxylation sites is 1. The summed E-state index contributed by atoms with van der Waals surface area (Å²) in [5.74, 6) is 0.0202. The molecule has 0 bridgehead atoms. The number of ketones is 1. The molecular weight excluding hydrogens is 273 g/mol. The number of hydrogen-bond acceptors (Lipinski definition) is 2. The van der Waals surface area contributed by atoms with E-state index in [4.69, 9.17) is 0 Å². The van der Waals surface area contributed by atoms with E-state index < -0.39 is 0 Å². The number of carbonyl (C=O) groups is 1. The number of halogens is 2. The third-order valence-corrected chi connectivity index (χ3v) is 3.55. The highest BCUT2D eigenvalue weighted by molar-refractivity contribution is 9.10. The number of benzene rings is 1. The van der Waals surface area contributed by atoms with Crippen LogP contribution in [-0.2, 0) is 4.79 Å². The van der Waals surface area contributed by atoms with E-state index in [-0.39, 0.29) is 17.6 Å². The van der Waals surface area contributed by atoms with Crippen LogP contribution in [0.25, 0.3) is 0 Å². The van der Waals surface area contributed by atoms with E-state index in [2.05, 4.69) is 15.9 Å². The van der Waals surface area contributed by atoms with Gasteiger partial charge in [-0.2, -0.15) is 0 Å². The Morgan fingerprint density at radius 3 is 2.88 bits per heavy atom. The maximum absolute atomic E-state index is 13.7. The van der Waals surface area contributed by atoms with Crippen molar-refractivity contribution >= 4 is 27.4 Å². The Balaban J connectivity index is 2.33. The van der Waals surface area contributed by atoms with Crippen molar-refractivity contribution < 1.29 is 9.18 Å². The van der Waals surface area contributed by atoms with Crippen LogP contribution in [0, 0.1) is 5.82 Å². The number of anilines is 1. The fourth-order valence-electron chi connectivity index (χ4n) is 2.10. The molecule has 1 aliphatic heterocycles. The molecule has 0 aromatic heterocycles. The van der Waals surface area contributed by atoms with Crippen LogP contribution in [0.15, 0.2) is 22.7 Å². The van der Waals surface area contributed by atoms with Crippen LogP contribution < -0.4 is 4.90 Å². The molecule has 1 aromatic rings.